The lowest BCUT2D eigenvalue weighted by Gasteiger charge is -2.09. The monoisotopic (exact) mass is 344 g/mol. The fourth-order valence-corrected chi connectivity index (χ4v) is 3.35. The summed E-state index contributed by atoms with van der Waals surface area (Å²) in [4.78, 5) is 0.103. The fraction of sp³-hybridized carbons (Fsp3) is 0.143. The molecule has 0 aliphatic rings. The van der Waals surface area contributed by atoms with Crippen LogP contribution in [0.3, 0.4) is 0 Å². The van der Waals surface area contributed by atoms with Crippen molar-refractivity contribution in [2.45, 2.75) is 18.0 Å². The minimum Gasteiger partial charge on any atom is -0.326 e. The highest BCUT2D eigenvalue weighted by Crippen LogP contribution is 2.20. The van der Waals surface area contributed by atoms with Gasteiger partial charge in [0.25, 0.3) is 0 Å². The van der Waals surface area contributed by atoms with Crippen molar-refractivity contribution < 1.29 is 8.42 Å². The van der Waals surface area contributed by atoms with Crippen molar-refractivity contribution in [3.63, 3.8) is 0 Å². The maximum Gasteiger partial charge on any atom is 0.240 e. The van der Waals surface area contributed by atoms with Gasteiger partial charge in [0.15, 0.2) is 0 Å². The summed E-state index contributed by atoms with van der Waals surface area (Å²) >= 11 is 11.8. The van der Waals surface area contributed by atoms with E-state index >= 15 is 0 Å². The van der Waals surface area contributed by atoms with Gasteiger partial charge in [-0.05, 0) is 35.4 Å². The number of rotatable bonds is 5. The summed E-state index contributed by atoms with van der Waals surface area (Å²) in [6.07, 6.45) is 0. The molecule has 0 aliphatic carbocycles. The molecule has 0 unspecified atom stereocenters. The number of nitrogens with one attached hydrogen (secondary N) is 1. The van der Waals surface area contributed by atoms with Crippen LogP contribution >= 0.6 is 23.2 Å². The molecule has 0 amide bonds. The van der Waals surface area contributed by atoms with Crippen LogP contribution in [-0.4, -0.2) is 8.42 Å². The van der Waals surface area contributed by atoms with Gasteiger partial charge in [0.2, 0.25) is 10.0 Å². The smallest absolute Gasteiger partial charge is 0.240 e. The predicted molar refractivity (Wildman–Crippen MR) is 84.8 cm³/mol. The Morgan fingerprint density at radius 2 is 1.86 bits per heavy atom. The molecule has 0 atom stereocenters. The van der Waals surface area contributed by atoms with Crippen LogP contribution in [0.5, 0.6) is 0 Å². The zero-order chi connectivity index (χ0) is 15.5. The lowest BCUT2D eigenvalue weighted by Crippen LogP contribution is -2.23. The molecule has 2 aromatic carbocycles. The van der Waals surface area contributed by atoms with E-state index in [1.54, 1.807) is 30.3 Å². The van der Waals surface area contributed by atoms with E-state index in [2.05, 4.69) is 4.72 Å². The summed E-state index contributed by atoms with van der Waals surface area (Å²) in [5, 5.41) is 0.894. The van der Waals surface area contributed by atoms with Crippen molar-refractivity contribution in [2.75, 3.05) is 0 Å². The second-order valence-corrected chi connectivity index (χ2v) is 7.02. The van der Waals surface area contributed by atoms with Crippen LogP contribution in [-0.2, 0) is 23.1 Å². The molecule has 0 aliphatic heterocycles. The summed E-state index contributed by atoms with van der Waals surface area (Å²) in [6.45, 7) is 0.411. The summed E-state index contributed by atoms with van der Waals surface area (Å²) < 4.78 is 26.9. The lowest BCUT2D eigenvalue weighted by molar-refractivity contribution is 0.581. The minimum absolute atomic E-state index is 0.103. The maximum atomic E-state index is 12.2. The summed E-state index contributed by atoms with van der Waals surface area (Å²) in [5.41, 5.74) is 6.97. The summed E-state index contributed by atoms with van der Waals surface area (Å²) in [5.74, 6) is 0. The van der Waals surface area contributed by atoms with Crippen molar-refractivity contribution in [1.29, 1.82) is 0 Å². The van der Waals surface area contributed by atoms with Crippen LogP contribution < -0.4 is 10.5 Å². The molecule has 21 heavy (non-hydrogen) atoms. The number of hydrogen-bond donors (Lipinski definition) is 2. The maximum absolute atomic E-state index is 12.2. The first-order chi connectivity index (χ1) is 9.92. The molecule has 0 spiro atoms. The van der Waals surface area contributed by atoms with E-state index in [1.165, 1.54) is 12.1 Å². The van der Waals surface area contributed by atoms with Gasteiger partial charge in [-0.2, -0.15) is 0 Å². The quantitative estimate of drug-likeness (QED) is 0.875. The Balaban J connectivity index is 2.17. The minimum atomic E-state index is -3.64. The molecule has 0 aromatic heterocycles. The molecule has 0 radical (unpaired) electrons. The number of nitrogens with two attached hydrogens (primary N) is 1. The van der Waals surface area contributed by atoms with E-state index in [-0.39, 0.29) is 18.0 Å². The zero-order valence-corrected chi connectivity index (χ0v) is 13.3. The molecule has 0 heterocycles. The number of halogens is 2. The van der Waals surface area contributed by atoms with Gasteiger partial charge in [0.05, 0.1) is 4.90 Å². The molecule has 112 valence electrons. The molecule has 2 aromatic rings. The second kappa shape index (κ2) is 6.77. The first kappa shape index (κ1) is 16.3. The standard InChI is InChI=1S/C14H14Cl2N2O2S/c15-12-3-1-2-10(6-12)9-18-21(19,20)13-5-4-11(8-17)14(16)7-13/h1-7,18H,8-9,17H2. The van der Waals surface area contributed by atoms with Crippen LogP contribution in [0.4, 0.5) is 0 Å². The Bertz CT molecular complexity index is 748. The molecule has 0 saturated carbocycles. The van der Waals surface area contributed by atoms with Crippen LogP contribution in [0.2, 0.25) is 10.0 Å². The lowest BCUT2D eigenvalue weighted by atomic mass is 10.2. The van der Waals surface area contributed by atoms with E-state index in [9.17, 15) is 8.42 Å². The van der Waals surface area contributed by atoms with Crippen molar-refractivity contribution in [3.05, 3.63) is 63.6 Å². The van der Waals surface area contributed by atoms with Gasteiger partial charge in [-0.1, -0.05) is 41.4 Å². The van der Waals surface area contributed by atoms with Crippen molar-refractivity contribution >= 4 is 33.2 Å². The first-order valence-electron chi connectivity index (χ1n) is 6.15. The van der Waals surface area contributed by atoms with E-state index < -0.39 is 10.0 Å². The average molecular weight is 345 g/mol. The normalized spacial score (nSPS) is 11.6. The fourth-order valence-electron chi connectivity index (χ4n) is 1.77. The molecule has 0 saturated heterocycles. The molecular weight excluding hydrogens is 331 g/mol. The molecule has 0 fully saturated rings. The van der Waals surface area contributed by atoms with Gasteiger partial charge in [0.1, 0.15) is 0 Å². The van der Waals surface area contributed by atoms with E-state index in [0.29, 0.717) is 15.6 Å². The van der Waals surface area contributed by atoms with Gasteiger partial charge >= 0.3 is 0 Å². The Labute approximate surface area is 133 Å². The third kappa shape index (κ3) is 4.18. The molecular formula is C14H14Cl2N2O2S. The summed E-state index contributed by atoms with van der Waals surface area (Å²) in [7, 11) is -3.64. The predicted octanol–water partition coefficient (Wildman–Crippen LogP) is 2.93. The van der Waals surface area contributed by atoms with Gasteiger partial charge in [0, 0.05) is 23.1 Å². The van der Waals surface area contributed by atoms with Crippen LogP contribution in [0.15, 0.2) is 47.4 Å². The van der Waals surface area contributed by atoms with Crippen molar-refractivity contribution in [2.24, 2.45) is 5.73 Å². The highest BCUT2D eigenvalue weighted by atomic mass is 35.5. The van der Waals surface area contributed by atoms with Gasteiger partial charge in [-0.25, -0.2) is 13.1 Å². The highest BCUT2D eigenvalue weighted by molar-refractivity contribution is 7.89. The van der Waals surface area contributed by atoms with Crippen LogP contribution in [0.25, 0.3) is 0 Å². The molecule has 4 nitrogen and oxygen atoms in total. The number of hydrogen-bond acceptors (Lipinski definition) is 3. The zero-order valence-electron chi connectivity index (χ0n) is 11.0. The largest absolute Gasteiger partial charge is 0.326 e. The Morgan fingerprint density at radius 1 is 1.10 bits per heavy atom. The highest BCUT2D eigenvalue weighted by Gasteiger charge is 2.15. The molecule has 2 rings (SSSR count). The Hall–Kier alpha value is -1.11. The van der Waals surface area contributed by atoms with Gasteiger partial charge < -0.3 is 5.73 Å². The van der Waals surface area contributed by atoms with E-state index in [4.69, 9.17) is 28.9 Å². The number of benzene rings is 2. The van der Waals surface area contributed by atoms with Crippen molar-refractivity contribution in [3.8, 4) is 0 Å². The SMILES string of the molecule is NCc1ccc(S(=O)(=O)NCc2cccc(Cl)c2)cc1Cl. The third-order valence-corrected chi connectivity index (χ3v) is 4.90. The first-order valence-corrected chi connectivity index (χ1v) is 8.39. The average Bonchev–Trinajstić information content (AvgIpc) is 2.45. The van der Waals surface area contributed by atoms with Crippen molar-refractivity contribution in [1.82, 2.24) is 4.72 Å². The van der Waals surface area contributed by atoms with Crippen LogP contribution in [0, 0.1) is 0 Å². The van der Waals surface area contributed by atoms with Crippen LogP contribution in [0.1, 0.15) is 11.1 Å². The second-order valence-electron chi connectivity index (χ2n) is 4.41. The number of sulfonamides is 1. The summed E-state index contributed by atoms with van der Waals surface area (Å²) in [6, 6.07) is 11.5. The van der Waals surface area contributed by atoms with E-state index in [1.807, 2.05) is 0 Å². The Morgan fingerprint density at radius 3 is 2.48 bits per heavy atom. The van der Waals surface area contributed by atoms with Gasteiger partial charge in [-0.3, -0.25) is 0 Å². The third-order valence-electron chi connectivity index (χ3n) is 2.91. The molecule has 3 N–H and O–H groups in total. The topological polar surface area (TPSA) is 72.2 Å². The molecule has 0 bridgehead atoms. The Kier molecular flexibility index (Phi) is 5.24. The van der Waals surface area contributed by atoms with Gasteiger partial charge in [-0.15, -0.1) is 0 Å². The van der Waals surface area contributed by atoms with E-state index in [0.717, 1.165) is 5.56 Å². The molecule has 7 heteroatoms.